The number of amides is 2. The number of carbonyl (C=O) groups is 2. The molecule has 1 saturated carbocycles. The van der Waals surface area contributed by atoms with Gasteiger partial charge in [-0.05, 0) is 37.1 Å². The van der Waals surface area contributed by atoms with E-state index in [0.717, 1.165) is 0 Å². The van der Waals surface area contributed by atoms with Crippen LogP contribution in [0.25, 0.3) is 0 Å². The molecule has 0 bridgehead atoms. The SMILES string of the molecule is CCN(CC(=O)O)C1CC(NC(=O)NC(CO)c2cccc(F)c2)C1. The first-order valence-electron chi connectivity index (χ1n) is 8.32. The van der Waals surface area contributed by atoms with Gasteiger partial charge in [-0.2, -0.15) is 0 Å². The van der Waals surface area contributed by atoms with Crippen molar-refractivity contribution in [2.75, 3.05) is 19.7 Å². The third kappa shape index (κ3) is 5.40. The van der Waals surface area contributed by atoms with Crippen LogP contribution in [0.3, 0.4) is 0 Å². The van der Waals surface area contributed by atoms with E-state index < -0.39 is 23.9 Å². The van der Waals surface area contributed by atoms with E-state index in [1.54, 1.807) is 6.07 Å². The van der Waals surface area contributed by atoms with E-state index in [-0.39, 0.29) is 25.2 Å². The Bertz CT molecular complexity index is 607. The Balaban J connectivity index is 1.80. The van der Waals surface area contributed by atoms with Crippen molar-refractivity contribution in [1.29, 1.82) is 0 Å². The molecule has 2 rings (SSSR count). The quantitative estimate of drug-likeness (QED) is 0.560. The first kappa shape index (κ1) is 19.1. The van der Waals surface area contributed by atoms with Crippen LogP contribution in [0.15, 0.2) is 24.3 Å². The van der Waals surface area contributed by atoms with Crippen LogP contribution >= 0.6 is 0 Å². The monoisotopic (exact) mass is 353 g/mol. The van der Waals surface area contributed by atoms with Crippen LogP contribution < -0.4 is 10.6 Å². The number of halogens is 1. The molecule has 0 aromatic heterocycles. The number of hydrogen-bond acceptors (Lipinski definition) is 4. The van der Waals surface area contributed by atoms with E-state index in [1.807, 2.05) is 11.8 Å². The Morgan fingerprint density at radius 1 is 1.40 bits per heavy atom. The first-order valence-corrected chi connectivity index (χ1v) is 8.32. The van der Waals surface area contributed by atoms with Gasteiger partial charge < -0.3 is 20.8 Å². The van der Waals surface area contributed by atoms with Gasteiger partial charge in [-0.15, -0.1) is 0 Å². The lowest BCUT2D eigenvalue weighted by Crippen LogP contribution is -2.56. The van der Waals surface area contributed by atoms with Crippen molar-refractivity contribution in [1.82, 2.24) is 15.5 Å². The second kappa shape index (κ2) is 8.77. The lowest BCUT2D eigenvalue weighted by molar-refractivity contribution is -0.139. The molecule has 0 saturated heterocycles. The molecule has 0 spiro atoms. The minimum atomic E-state index is -0.864. The zero-order valence-corrected chi connectivity index (χ0v) is 14.1. The number of rotatable bonds is 8. The van der Waals surface area contributed by atoms with Gasteiger partial charge in [0.05, 0.1) is 19.2 Å². The highest BCUT2D eigenvalue weighted by Gasteiger charge is 2.34. The molecular formula is C17H24FN3O4. The zero-order valence-electron chi connectivity index (χ0n) is 14.1. The third-order valence-electron chi connectivity index (χ3n) is 4.45. The van der Waals surface area contributed by atoms with Crippen LogP contribution in [0, 0.1) is 5.82 Å². The second-order valence-electron chi connectivity index (χ2n) is 6.19. The molecular weight excluding hydrogens is 329 g/mol. The number of carboxylic acids is 1. The first-order chi connectivity index (χ1) is 11.9. The molecule has 8 heteroatoms. The number of hydrogen-bond donors (Lipinski definition) is 4. The van der Waals surface area contributed by atoms with E-state index in [4.69, 9.17) is 5.11 Å². The minimum Gasteiger partial charge on any atom is -0.480 e. The topological polar surface area (TPSA) is 102 Å². The van der Waals surface area contributed by atoms with Gasteiger partial charge in [0, 0.05) is 12.1 Å². The highest BCUT2D eigenvalue weighted by molar-refractivity contribution is 5.75. The maximum Gasteiger partial charge on any atom is 0.317 e. The second-order valence-corrected chi connectivity index (χ2v) is 6.19. The highest BCUT2D eigenvalue weighted by Crippen LogP contribution is 2.25. The molecule has 7 nitrogen and oxygen atoms in total. The van der Waals surface area contributed by atoms with Gasteiger partial charge >= 0.3 is 12.0 Å². The molecule has 4 N–H and O–H groups in total. The van der Waals surface area contributed by atoms with E-state index in [0.29, 0.717) is 24.9 Å². The maximum absolute atomic E-state index is 13.3. The average molecular weight is 353 g/mol. The Morgan fingerprint density at radius 3 is 2.68 bits per heavy atom. The molecule has 0 aliphatic heterocycles. The van der Waals surface area contributed by atoms with Gasteiger partial charge in [0.15, 0.2) is 0 Å². The molecule has 0 radical (unpaired) electrons. The summed E-state index contributed by atoms with van der Waals surface area (Å²) < 4.78 is 13.3. The average Bonchev–Trinajstić information content (AvgIpc) is 2.53. The summed E-state index contributed by atoms with van der Waals surface area (Å²) in [5, 5.41) is 23.7. The molecule has 138 valence electrons. The summed E-state index contributed by atoms with van der Waals surface area (Å²) in [6, 6.07) is 4.69. The van der Waals surface area contributed by atoms with Crippen LogP contribution in [0.5, 0.6) is 0 Å². The van der Waals surface area contributed by atoms with Crippen molar-refractivity contribution in [3.8, 4) is 0 Å². The van der Waals surface area contributed by atoms with Gasteiger partial charge in [-0.3, -0.25) is 9.69 Å². The Labute approximate surface area is 145 Å². The molecule has 0 heterocycles. The summed E-state index contributed by atoms with van der Waals surface area (Å²) in [5.41, 5.74) is 0.489. The van der Waals surface area contributed by atoms with E-state index in [2.05, 4.69) is 10.6 Å². The number of nitrogens with zero attached hydrogens (tertiary/aromatic N) is 1. The number of aliphatic hydroxyl groups is 1. The highest BCUT2D eigenvalue weighted by atomic mass is 19.1. The van der Waals surface area contributed by atoms with Crippen molar-refractivity contribution in [3.63, 3.8) is 0 Å². The molecule has 1 fully saturated rings. The molecule has 25 heavy (non-hydrogen) atoms. The summed E-state index contributed by atoms with van der Waals surface area (Å²) in [4.78, 5) is 24.7. The molecule has 1 unspecified atom stereocenters. The molecule has 1 aliphatic rings. The number of nitrogens with one attached hydrogen (secondary N) is 2. The molecule has 1 aliphatic carbocycles. The standard InChI is InChI=1S/C17H24FN3O4/c1-2-21(9-16(23)24)14-7-13(8-14)19-17(25)20-15(10-22)11-4-3-5-12(18)6-11/h3-6,13-15,22H,2,7-10H2,1H3,(H,23,24)(H2,19,20,25). The van der Waals surface area contributed by atoms with E-state index in [1.165, 1.54) is 18.2 Å². The summed E-state index contributed by atoms with van der Waals surface area (Å²) in [6.07, 6.45) is 1.36. The summed E-state index contributed by atoms with van der Waals surface area (Å²) in [5.74, 6) is -1.30. The van der Waals surface area contributed by atoms with Crippen molar-refractivity contribution in [3.05, 3.63) is 35.6 Å². The fourth-order valence-electron chi connectivity index (χ4n) is 3.02. The zero-order chi connectivity index (χ0) is 18.4. The summed E-state index contributed by atoms with van der Waals surface area (Å²) in [6.45, 7) is 2.20. The van der Waals surface area contributed by atoms with Crippen molar-refractivity contribution < 1.29 is 24.2 Å². The lowest BCUT2D eigenvalue weighted by atomic mass is 9.85. The van der Waals surface area contributed by atoms with E-state index >= 15 is 0 Å². The number of likely N-dealkylation sites (N-methyl/N-ethyl adjacent to an activating group) is 1. The van der Waals surface area contributed by atoms with Crippen LogP contribution in [-0.2, 0) is 4.79 Å². The number of aliphatic carboxylic acids is 1. The van der Waals surface area contributed by atoms with E-state index in [9.17, 15) is 19.1 Å². The van der Waals surface area contributed by atoms with Gasteiger partial charge in [-0.25, -0.2) is 9.18 Å². The Kier molecular flexibility index (Phi) is 6.72. The third-order valence-corrected chi connectivity index (χ3v) is 4.45. The molecule has 1 aromatic rings. The van der Waals surface area contributed by atoms with Crippen LogP contribution in [0.1, 0.15) is 31.4 Å². The fourth-order valence-corrected chi connectivity index (χ4v) is 3.02. The number of carbonyl (C=O) groups excluding carboxylic acids is 1. The summed E-state index contributed by atoms with van der Waals surface area (Å²) in [7, 11) is 0. The van der Waals surface area contributed by atoms with Gasteiger partial charge in [0.2, 0.25) is 0 Å². The Hall–Kier alpha value is -2.19. The number of benzene rings is 1. The molecule has 2 amide bonds. The van der Waals surface area contributed by atoms with Crippen molar-refractivity contribution in [2.45, 2.75) is 37.9 Å². The lowest BCUT2D eigenvalue weighted by Gasteiger charge is -2.42. The summed E-state index contributed by atoms with van der Waals surface area (Å²) >= 11 is 0. The van der Waals surface area contributed by atoms with Crippen LogP contribution in [0.4, 0.5) is 9.18 Å². The van der Waals surface area contributed by atoms with Gasteiger partial charge in [-0.1, -0.05) is 19.1 Å². The van der Waals surface area contributed by atoms with Gasteiger partial charge in [0.1, 0.15) is 5.82 Å². The van der Waals surface area contributed by atoms with Crippen LogP contribution in [0.2, 0.25) is 0 Å². The van der Waals surface area contributed by atoms with Gasteiger partial charge in [0.25, 0.3) is 0 Å². The smallest absolute Gasteiger partial charge is 0.317 e. The number of urea groups is 1. The predicted octanol–water partition coefficient (Wildman–Crippen LogP) is 1.10. The number of carboxylic acid groups (broad SMARTS) is 1. The minimum absolute atomic E-state index is 0.00770. The molecule has 1 atom stereocenters. The van der Waals surface area contributed by atoms with Crippen molar-refractivity contribution in [2.24, 2.45) is 0 Å². The van der Waals surface area contributed by atoms with Crippen LogP contribution in [-0.4, -0.2) is 58.9 Å². The van der Waals surface area contributed by atoms with Crippen molar-refractivity contribution >= 4 is 12.0 Å². The Morgan fingerprint density at radius 2 is 2.12 bits per heavy atom. The largest absolute Gasteiger partial charge is 0.480 e. The normalized spacial score (nSPS) is 20.6. The number of aliphatic hydroxyl groups excluding tert-OH is 1. The fraction of sp³-hybridized carbons (Fsp3) is 0.529. The maximum atomic E-state index is 13.3. The molecule has 1 aromatic carbocycles. The predicted molar refractivity (Wildman–Crippen MR) is 89.6 cm³/mol.